The first kappa shape index (κ1) is 12.0. The van der Waals surface area contributed by atoms with Gasteiger partial charge in [-0.1, -0.05) is 44.2 Å². The molecule has 2 atom stereocenters. The van der Waals surface area contributed by atoms with E-state index >= 15 is 0 Å². The Morgan fingerprint density at radius 2 is 2.00 bits per heavy atom. The van der Waals surface area contributed by atoms with Gasteiger partial charge in [-0.3, -0.25) is 0 Å². The first-order valence-corrected chi connectivity index (χ1v) is 6.26. The molecule has 1 aliphatic heterocycles. The standard InChI is InChI=1S/C14H20N2O/c1-10(2)8-13-12(9-15-14(17)16-13)11-6-4-3-5-7-11/h3-7,10,12-13H,8-9H2,1-2H3,(H2,15,16,17)/t12-,13+/m1/s1. The third-order valence-corrected chi connectivity index (χ3v) is 3.24. The molecule has 2 amide bonds. The molecular weight excluding hydrogens is 212 g/mol. The molecule has 1 fully saturated rings. The molecule has 1 aromatic carbocycles. The second-order valence-electron chi connectivity index (χ2n) is 5.11. The molecule has 1 heterocycles. The number of hydrogen-bond donors (Lipinski definition) is 2. The van der Waals surface area contributed by atoms with Crippen molar-refractivity contribution >= 4 is 6.03 Å². The summed E-state index contributed by atoms with van der Waals surface area (Å²) in [6.45, 7) is 5.11. The highest BCUT2D eigenvalue weighted by Crippen LogP contribution is 2.25. The van der Waals surface area contributed by atoms with Gasteiger partial charge in [0.25, 0.3) is 0 Å². The number of urea groups is 1. The van der Waals surface area contributed by atoms with Gasteiger partial charge in [-0.15, -0.1) is 0 Å². The molecule has 0 bridgehead atoms. The maximum Gasteiger partial charge on any atom is 0.315 e. The topological polar surface area (TPSA) is 41.1 Å². The van der Waals surface area contributed by atoms with Gasteiger partial charge in [-0.2, -0.15) is 0 Å². The average Bonchev–Trinajstić information content (AvgIpc) is 2.29. The van der Waals surface area contributed by atoms with Crippen LogP contribution >= 0.6 is 0 Å². The molecule has 2 N–H and O–H groups in total. The van der Waals surface area contributed by atoms with Crippen LogP contribution in [0.4, 0.5) is 4.79 Å². The van der Waals surface area contributed by atoms with E-state index in [2.05, 4.69) is 48.7 Å². The van der Waals surface area contributed by atoms with Crippen molar-refractivity contribution in [1.29, 1.82) is 0 Å². The smallest absolute Gasteiger partial charge is 0.315 e. The van der Waals surface area contributed by atoms with E-state index in [1.54, 1.807) is 0 Å². The maximum atomic E-state index is 11.4. The summed E-state index contributed by atoms with van der Waals surface area (Å²) in [5, 5.41) is 5.93. The molecule has 0 aliphatic carbocycles. The summed E-state index contributed by atoms with van der Waals surface area (Å²) in [4.78, 5) is 11.4. The molecule has 17 heavy (non-hydrogen) atoms. The van der Waals surface area contributed by atoms with Crippen LogP contribution in [-0.4, -0.2) is 18.6 Å². The molecule has 1 aliphatic rings. The number of rotatable bonds is 3. The summed E-state index contributed by atoms with van der Waals surface area (Å²) in [5.74, 6) is 0.959. The normalized spacial score (nSPS) is 24.3. The fraction of sp³-hybridized carbons (Fsp3) is 0.500. The molecule has 0 radical (unpaired) electrons. The van der Waals surface area contributed by atoms with Crippen LogP contribution in [0.2, 0.25) is 0 Å². The lowest BCUT2D eigenvalue weighted by molar-refractivity contribution is 0.219. The van der Waals surface area contributed by atoms with Crippen molar-refractivity contribution in [3.63, 3.8) is 0 Å². The lowest BCUT2D eigenvalue weighted by Gasteiger charge is -2.34. The third kappa shape index (κ3) is 2.99. The Labute approximate surface area is 103 Å². The lowest BCUT2D eigenvalue weighted by atomic mass is 9.85. The molecule has 92 valence electrons. The summed E-state index contributed by atoms with van der Waals surface area (Å²) in [6, 6.07) is 10.6. The number of carbonyl (C=O) groups excluding carboxylic acids is 1. The van der Waals surface area contributed by atoms with Crippen molar-refractivity contribution in [1.82, 2.24) is 10.6 Å². The average molecular weight is 232 g/mol. The number of benzene rings is 1. The lowest BCUT2D eigenvalue weighted by Crippen LogP contribution is -2.54. The van der Waals surface area contributed by atoms with Crippen molar-refractivity contribution in [2.45, 2.75) is 32.2 Å². The molecular formula is C14H20N2O. The number of amides is 2. The molecule has 3 heteroatoms. The van der Waals surface area contributed by atoms with Gasteiger partial charge < -0.3 is 10.6 Å². The number of hydrogen-bond acceptors (Lipinski definition) is 1. The van der Waals surface area contributed by atoms with Gasteiger partial charge in [-0.25, -0.2) is 4.79 Å². The highest BCUT2D eigenvalue weighted by Gasteiger charge is 2.29. The van der Waals surface area contributed by atoms with Crippen LogP contribution in [0.3, 0.4) is 0 Å². The van der Waals surface area contributed by atoms with Crippen LogP contribution < -0.4 is 10.6 Å². The first-order chi connectivity index (χ1) is 8.16. The van der Waals surface area contributed by atoms with E-state index in [0.29, 0.717) is 11.8 Å². The van der Waals surface area contributed by atoms with Crippen molar-refractivity contribution in [3.05, 3.63) is 35.9 Å². The Morgan fingerprint density at radius 3 is 2.65 bits per heavy atom. The van der Waals surface area contributed by atoms with Crippen LogP contribution in [0.25, 0.3) is 0 Å². The van der Waals surface area contributed by atoms with Gasteiger partial charge in [0.1, 0.15) is 0 Å². The zero-order valence-corrected chi connectivity index (χ0v) is 10.4. The van der Waals surface area contributed by atoms with E-state index in [9.17, 15) is 4.79 Å². The third-order valence-electron chi connectivity index (χ3n) is 3.24. The van der Waals surface area contributed by atoms with E-state index < -0.39 is 0 Å². The van der Waals surface area contributed by atoms with Gasteiger partial charge in [0.05, 0.1) is 0 Å². The van der Waals surface area contributed by atoms with E-state index in [0.717, 1.165) is 13.0 Å². The fourth-order valence-corrected chi connectivity index (χ4v) is 2.45. The van der Waals surface area contributed by atoms with Crippen LogP contribution in [0.1, 0.15) is 31.7 Å². The van der Waals surface area contributed by atoms with Crippen LogP contribution in [0.5, 0.6) is 0 Å². The van der Waals surface area contributed by atoms with Crippen molar-refractivity contribution in [3.8, 4) is 0 Å². The molecule has 2 rings (SSSR count). The molecule has 0 spiro atoms. The Bertz CT molecular complexity index is 375. The highest BCUT2D eigenvalue weighted by atomic mass is 16.2. The van der Waals surface area contributed by atoms with Crippen LogP contribution in [0.15, 0.2) is 30.3 Å². The quantitative estimate of drug-likeness (QED) is 0.826. The SMILES string of the molecule is CC(C)C[C@@H]1NC(=O)NC[C@@H]1c1ccccc1. The summed E-state index contributed by atoms with van der Waals surface area (Å²) in [7, 11) is 0. The summed E-state index contributed by atoms with van der Waals surface area (Å²) >= 11 is 0. The van der Waals surface area contributed by atoms with Crippen LogP contribution in [0, 0.1) is 5.92 Å². The van der Waals surface area contributed by atoms with E-state index in [4.69, 9.17) is 0 Å². The van der Waals surface area contributed by atoms with Crippen molar-refractivity contribution < 1.29 is 4.79 Å². The van der Waals surface area contributed by atoms with Gasteiger partial charge in [0.2, 0.25) is 0 Å². The van der Waals surface area contributed by atoms with E-state index in [1.807, 2.05) is 6.07 Å². The molecule has 0 unspecified atom stereocenters. The summed E-state index contributed by atoms with van der Waals surface area (Å²) < 4.78 is 0. The molecule has 1 saturated heterocycles. The maximum absolute atomic E-state index is 11.4. The van der Waals surface area contributed by atoms with Crippen LogP contribution in [-0.2, 0) is 0 Å². The monoisotopic (exact) mass is 232 g/mol. The zero-order chi connectivity index (χ0) is 12.3. The van der Waals surface area contributed by atoms with E-state index in [1.165, 1.54) is 5.56 Å². The Kier molecular flexibility index (Phi) is 3.67. The Balaban J connectivity index is 2.15. The second-order valence-corrected chi connectivity index (χ2v) is 5.11. The van der Waals surface area contributed by atoms with Gasteiger partial charge in [-0.05, 0) is 17.9 Å². The van der Waals surface area contributed by atoms with E-state index in [-0.39, 0.29) is 12.1 Å². The first-order valence-electron chi connectivity index (χ1n) is 6.26. The van der Waals surface area contributed by atoms with Gasteiger partial charge in [0, 0.05) is 18.5 Å². The molecule has 3 nitrogen and oxygen atoms in total. The van der Waals surface area contributed by atoms with Gasteiger partial charge >= 0.3 is 6.03 Å². The number of nitrogens with one attached hydrogen (secondary N) is 2. The minimum Gasteiger partial charge on any atom is -0.337 e. The van der Waals surface area contributed by atoms with Crippen molar-refractivity contribution in [2.24, 2.45) is 5.92 Å². The summed E-state index contributed by atoms with van der Waals surface area (Å²) in [6.07, 6.45) is 1.02. The number of carbonyl (C=O) groups is 1. The fourth-order valence-electron chi connectivity index (χ4n) is 2.45. The highest BCUT2D eigenvalue weighted by molar-refractivity contribution is 5.75. The molecule has 1 aromatic rings. The van der Waals surface area contributed by atoms with Gasteiger partial charge in [0.15, 0.2) is 0 Å². The second kappa shape index (κ2) is 5.21. The molecule has 0 aromatic heterocycles. The minimum atomic E-state index is -0.0390. The predicted octanol–water partition coefficient (Wildman–Crippen LogP) is 2.50. The molecule has 0 saturated carbocycles. The predicted molar refractivity (Wildman–Crippen MR) is 69.0 cm³/mol. The minimum absolute atomic E-state index is 0.0390. The summed E-state index contributed by atoms with van der Waals surface area (Å²) in [5.41, 5.74) is 1.30. The Hall–Kier alpha value is -1.51. The largest absolute Gasteiger partial charge is 0.337 e. The van der Waals surface area contributed by atoms with Crippen molar-refractivity contribution in [2.75, 3.05) is 6.54 Å². The zero-order valence-electron chi connectivity index (χ0n) is 10.4. The Morgan fingerprint density at radius 1 is 1.29 bits per heavy atom.